The van der Waals surface area contributed by atoms with Crippen molar-refractivity contribution in [2.24, 2.45) is 5.92 Å². The van der Waals surface area contributed by atoms with Crippen LogP contribution >= 0.6 is 23.2 Å². The lowest BCUT2D eigenvalue weighted by Gasteiger charge is -2.35. The standard InChI is InChI=1S/C23H25Cl2NO4/c24-20-2-1-3-21(25)19(20)14-30-17-4-5-18-16(12-17)8-11-29-22(18)13-26-9-6-15(7-10-26)23(27)28/h1-5,12,15,22H,6-11,13-14H2,(H,27,28). The van der Waals surface area contributed by atoms with Gasteiger partial charge in [0.25, 0.3) is 0 Å². The van der Waals surface area contributed by atoms with Crippen molar-refractivity contribution in [3.8, 4) is 5.75 Å². The first-order chi connectivity index (χ1) is 14.5. The molecule has 30 heavy (non-hydrogen) atoms. The molecule has 160 valence electrons. The number of aliphatic carboxylic acids is 1. The quantitative estimate of drug-likeness (QED) is 0.673. The van der Waals surface area contributed by atoms with Gasteiger partial charge in [0.05, 0.1) is 18.6 Å². The fourth-order valence-corrected chi connectivity index (χ4v) is 4.68. The first kappa shape index (κ1) is 21.4. The van der Waals surface area contributed by atoms with Crippen LogP contribution in [0.1, 0.15) is 35.6 Å². The van der Waals surface area contributed by atoms with E-state index < -0.39 is 5.97 Å². The molecule has 7 heteroatoms. The van der Waals surface area contributed by atoms with Crippen LogP contribution in [0.2, 0.25) is 10.0 Å². The Labute approximate surface area is 186 Å². The first-order valence-corrected chi connectivity index (χ1v) is 11.0. The average molecular weight is 450 g/mol. The minimum atomic E-state index is -0.681. The van der Waals surface area contributed by atoms with Crippen LogP contribution < -0.4 is 4.74 Å². The van der Waals surface area contributed by atoms with Gasteiger partial charge >= 0.3 is 5.97 Å². The highest BCUT2D eigenvalue weighted by Crippen LogP contribution is 2.33. The molecule has 1 unspecified atom stereocenters. The SMILES string of the molecule is O=C(O)C1CCN(CC2OCCc3cc(OCc4c(Cl)cccc4Cl)ccc32)CC1. The van der Waals surface area contributed by atoms with Gasteiger partial charge in [-0.15, -0.1) is 0 Å². The molecule has 0 amide bonds. The molecule has 1 N–H and O–H groups in total. The zero-order chi connectivity index (χ0) is 21.1. The number of hydrogen-bond acceptors (Lipinski definition) is 4. The van der Waals surface area contributed by atoms with E-state index in [1.807, 2.05) is 12.1 Å². The number of carboxylic acids is 1. The maximum Gasteiger partial charge on any atom is 0.306 e. The zero-order valence-corrected chi connectivity index (χ0v) is 18.2. The molecule has 0 aliphatic carbocycles. The lowest BCUT2D eigenvalue weighted by molar-refractivity contribution is -0.143. The molecule has 2 aliphatic heterocycles. The van der Waals surface area contributed by atoms with Gasteiger partial charge in [-0.2, -0.15) is 0 Å². The minimum Gasteiger partial charge on any atom is -0.489 e. The van der Waals surface area contributed by atoms with Gasteiger partial charge in [0.1, 0.15) is 12.4 Å². The van der Waals surface area contributed by atoms with Crippen molar-refractivity contribution >= 4 is 29.2 Å². The van der Waals surface area contributed by atoms with Crippen LogP contribution in [0.4, 0.5) is 0 Å². The van der Waals surface area contributed by atoms with E-state index in [9.17, 15) is 9.90 Å². The van der Waals surface area contributed by atoms with Gasteiger partial charge in [0, 0.05) is 22.2 Å². The number of carboxylic acid groups (broad SMARTS) is 1. The van der Waals surface area contributed by atoms with Crippen molar-refractivity contribution in [3.05, 3.63) is 63.1 Å². The second-order valence-electron chi connectivity index (χ2n) is 7.87. The number of likely N-dealkylation sites (tertiary alicyclic amines) is 1. The Hall–Kier alpha value is -1.79. The summed E-state index contributed by atoms with van der Waals surface area (Å²) in [5, 5.41) is 10.4. The maximum absolute atomic E-state index is 11.2. The van der Waals surface area contributed by atoms with Crippen molar-refractivity contribution in [3.63, 3.8) is 0 Å². The summed E-state index contributed by atoms with van der Waals surface area (Å²) in [6.07, 6.45) is 2.25. The van der Waals surface area contributed by atoms with Crippen LogP contribution in [0, 0.1) is 5.92 Å². The van der Waals surface area contributed by atoms with Gasteiger partial charge in [-0.25, -0.2) is 0 Å². The van der Waals surface area contributed by atoms with Gasteiger partial charge in [-0.05, 0) is 67.7 Å². The summed E-state index contributed by atoms with van der Waals surface area (Å²) in [4.78, 5) is 13.5. The van der Waals surface area contributed by atoms with Crippen LogP contribution in [0.25, 0.3) is 0 Å². The van der Waals surface area contributed by atoms with Gasteiger partial charge in [-0.1, -0.05) is 35.3 Å². The van der Waals surface area contributed by atoms with Crippen LogP contribution in [0.15, 0.2) is 36.4 Å². The normalized spacial score (nSPS) is 20.0. The molecule has 2 heterocycles. The second kappa shape index (κ2) is 9.56. The molecule has 0 aromatic heterocycles. The number of hydrogen-bond donors (Lipinski definition) is 1. The predicted molar refractivity (Wildman–Crippen MR) is 116 cm³/mol. The fourth-order valence-electron chi connectivity index (χ4n) is 4.18. The van der Waals surface area contributed by atoms with E-state index in [0.29, 0.717) is 36.1 Å². The molecule has 1 saturated heterocycles. The molecule has 0 bridgehead atoms. The lowest BCUT2D eigenvalue weighted by atomic mass is 9.94. The molecule has 2 aliphatic rings. The Kier molecular flexibility index (Phi) is 6.84. The van der Waals surface area contributed by atoms with E-state index in [1.54, 1.807) is 12.1 Å². The fraction of sp³-hybridized carbons (Fsp3) is 0.435. The van der Waals surface area contributed by atoms with Crippen LogP contribution in [0.3, 0.4) is 0 Å². The van der Waals surface area contributed by atoms with Crippen LogP contribution in [0.5, 0.6) is 5.75 Å². The third-order valence-electron chi connectivity index (χ3n) is 5.96. The summed E-state index contributed by atoms with van der Waals surface area (Å²) >= 11 is 12.5. The highest BCUT2D eigenvalue weighted by atomic mass is 35.5. The number of piperidine rings is 1. The monoisotopic (exact) mass is 449 g/mol. The molecule has 0 saturated carbocycles. The van der Waals surface area contributed by atoms with Crippen LogP contribution in [-0.4, -0.2) is 42.2 Å². The third kappa shape index (κ3) is 4.92. The number of benzene rings is 2. The van der Waals surface area contributed by atoms with Crippen molar-refractivity contribution in [2.75, 3.05) is 26.2 Å². The van der Waals surface area contributed by atoms with Crippen molar-refractivity contribution < 1.29 is 19.4 Å². The molecule has 2 aromatic rings. The molecule has 1 atom stereocenters. The Bertz CT molecular complexity index is 892. The molecule has 0 radical (unpaired) electrons. The number of nitrogens with zero attached hydrogens (tertiary/aromatic N) is 1. The molecular weight excluding hydrogens is 425 g/mol. The maximum atomic E-state index is 11.2. The van der Waals surface area contributed by atoms with E-state index in [4.69, 9.17) is 32.7 Å². The number of carbonyl (C=O) groups is 1. The lowest BCUT2D eigenvalue weighted by Crippen LogP contribution is -2.39. The largest absolute Gasteiger partial charge is 0.489 e. The highest BCUT2D eigenvalue weighted by Gasteiger charge is 2.28. The van der Waals surface area contributed by atoms with Crippen molar-refractivity contribution in [1.29, 1.82) is 0 Å². The summed E-state index contributed by atoms with van der Waals surface area (Å²) in [6.45, 7) is 3.37. The Morgan fingerprint density at radius 2 is 1.90 bits per heavy atom. The summed E-state index contributed by atoms with van der Waals surface area (Å²) in [5.74, 6) is -0.112. The third-order valence-corrected chi connectivity index (χ3v) is 6.67. The molecule has 0 spiro atoms. The van der Waals surface area contributed by atoms with Crippen molar-refractivity contribution in [2.45, 2.75) is 32.0 Å². The van der Waals surface area contributed by atoms with Gasteiger partial charge < -0.3 is 19.5 Å². The van der Waals surface area contributed by atoms with Crippen LogP contribution in [-0.2, 0) is 22.6 Å². The number of ether oxygens (including phenoxy) is 2. The average Bonchev–Trinajstić information content (AvgIpc) is 2.74. The Balaban J connectivity index is 1.40. The summed E-state index contributed by atoms with van der Waals surface area (Å²) in [5.41, 5.74) is 3.20. The topological polar surface area (TPSA) is 59.0 Å². The van der Waals surface area contributed by atoms with E-state index in [2.05, 4.69) is 17.0 Å². The first-order valence-electron chi connectivity index (χ1n) is 10.3. The molecule has 4 rings (SSSR count). The van der Waals surface area contributed by atoms with E-state index in [0.717, 1.165) is 37.4 Å². The number of halogens is 2. The Morgan fingerprint density at radius 3 is 2.60 bits per heavy atom. The molecule has 1 fully saturated rings. The highest BCUT2D eigenvalue weighted by molar-refractivity contribution is 6.35. The van der Waals surface area contributed by atoms with E-state index in [1.165, 1.54) is 11.1 Å². The smallest absolute Gasteiger partial charge is 0.306 e. The second-order valence-corrected chi connectivity index (χ2v) is 8.69. The summed E-state index contributed by atoms with van der Waals surface area (Å²) in [7, 11) is 0. The molecule has 5 nitrogen and oxygen atoms in total. The van der Waals surface area contributed by atoms with E-state index in [-0.39, 0.29) is 12.0 Å². The summed E-state index contributed by atoms with van der Waals surface area (Å²) in [6, 6.07) is 11.5. The summed E-state index contributed by atoms with van der Waals surface area (Å²) < 4.78 is 12.0. The number of rotatable bonds is 6. The number of fused-ring (bicyclic) bond motifs is 1. The van der Waals surface area contributed by atoms with Crippen molar-refractivity contribution in [1.82, 2.24) is 4.90 Å². The predicted octanol–water partition coefficient (Wildman–Crippen LogP) is 4.98. The minimum absolute atomic E-state index is 0.00203. The molecular formula is C23H25Cl2NO4. The van der Waals surface area contributed by atoms with E-state index >= 15 is 0 Å². The van der Waals surface area contributed by atoms with Gasteiger partial charge in [-0.3, -0.25) is 4.79 Å². The van der Waals surface area contributed by atoms with Gasteiger partial charge in [0.2, 0.25) is 0 Å². The zero-order valence-electron chi connectivity index (χ0n) is 16.7. The molecule has 2 aromatic carbocycles. The Morgan fingerprint density at radius 1 is 1.17 bits per heavy atom. The van der Waals surface area contributed by atoms with Gasteiger partial charge in [0.15, 0.2) is 0 Å².